The minimum absolute atomic E-state index is 0. The Morgan fingerprint density at radius 2 is 1.91 bits per heavy atom. The van der Waals surface area contributed by atoms with Crippen molar-refractivity contribution in [3.05, 3.63) is 0 Å². The number of hydrogen-bond acceptors (Lipinski definition) is 4. The molecule has 11 heavy (non-hydrogen) atoms. The molecule has 4 N–H and O–H groups in total. The van der Waals surface area contributed by atoms with Gasteiger partial charge < -0.3 is 19.5 Å². The van der Waals surface area contributed by atoms with Gasteiger partial charge in [-0.3, -0.25) is 0 Å². The molecule has 1 atom stereocenters. The first-order valence-electron chi connectivity index (χ1n) is 3.36. The maximum atomic E-state index is 9.09. The van der Waals surface area contributed by atoms with Crippen LogP contribution in [0.15, 0.2) is 0 Å². The second-order valence-corrected chi connectivity index (χ2v) is 5.20. The van der Waals surface area contributed by atoms with Crippen molar-refractivity contribution in [2.75, 3.05) is 0 Å². The second kappa shape index (κ2) is 4.75. The molecule has 1 rings (SSSR count). The topological polar surface area (TPSA) is 80.9 Å². The van der Waals surface area contributed by atoms with Crippen LogP contribution in [-0.4, -0.2) is 82.5 Å². The van der Waals surface area contributed by atoms with Crippen LogP contribution in [0.4, 0.5) is 0 Å². The van der Waals surface area contributed by atoms with Gasteiger partial charge in [0.15, 0.2) is 4.65 Å². The predicted molar refractivity (Wildman–Crippen MR) is 43.7 cm³/mol. The predicted octanol–water partition coefficient (Wildman–Crippen LogP) is -2.57. The van der Waals surface area contributed by atoms with Crippen molar-refractivity contribution in [1.82, 2.24) is 0 Å². The Bertz CT molecular complexity index is 120. The third-order valence-corrected chi connectivity index (χ3v) is 4.26. The van der Waals surface area contributed by atoms with E-state index in [2.05, 4.69) is 0 Å². The van der Waals surface area contributed by atoms with Gasteiger partial charge in [-0.25, -0.2) is 0 Å². The van der Waals surface area contributed by atoms with Crippen LogP contribution in [0.2, 0.25) is 5.28 Å². The monoisotopic (exact) mass is 204 g/mol. The molecule has 1 aliphatic heterocycles. The molecule has 6 heteroatoms. The van der Waals surface area contributed by atoms with Crippen molar-refractivity contribution in [2.24, 2.45) is 0 Å². The first-order valence-corrected chi connectivity index (χ1v) is 5.27. The zero-order valence-corrected chi connectivity index (χ0v) is 6.72. The first-order chi connectivity index (χ1) is 4.55. The Balaban J connectivity index is 0.000001000. The molecule has 0 bridgehead atoms. The van der Waals surface area contributed by atoms with Gasteiger partial charge in [-0.05, 0) is 6.42 Å². The standard InChI is InChI=1S/C5H10O3.Al.Ca.H2O.2H/c1-2-3-4(6)5(7)8;;;;;/h4,6-8H,1-3H2;;;1H2;;/q;+1;;;;/p-1. The molecule has 1 heterocycles. The van der Waals surface area contributed by atoms with Crippen LogP contribution in [0.5, 0.6) is 0 Å². The van der Waals surface area contributed by atoms with Crippen molar-refractivity contribution in [2.45, 2.75) is 28.9 Å². The summed E-state index contributed by atoms with van der Waals surface area (Å²) in [5, 5.41) is 27.5. The van der Waals surface area contributed by atoms with Gasteiger partial charge in [0.05, 0.1) is 6.10 Å². The van der Waals surface area contributed by atoms with E-state index in [0.29, 0.717) is 18.1 Å². The molecule has 4 nitrogen and oxygen atoms in total. The molecule has 0 amide bonds. The molecule has 0 aromatic rings. The van der Waals surface area contributed by atoms with E-state index in [1.165, 1.54) is 0 Å². The number of aliphatic hydroxyl groups is 3. The van der Waals surface area contributed by atoms with Crippen molar-refractivity contribution < 1.29 is 19.5 Å². The van der Waals surface area contributed by atoms with Gasteiger partial charge in [0.2, 0.25) is 0 Å². The molecular weight excluding hydrogens is 191 g/mol. The van der Waals surface area contributed by atoms with Gasteiger partial charge in [0.1, 0.15) is 0 Å². The quantitative estimate of drug-likeness (QED) is 0.258. The molecule has 1 saturated heterocycles. The zero-order chi connectivity index (χ0) is 7.78. The molecule has 1 unspecified atom stereocenters. The molecule has 1 fully saturated rings. The second-order valence-electron chi connectivity index (χ2n) is 2.75. The summed E-state index contributed by atoms with van der Waals surface area (Å²) in [7, 11) is 0. The number of rotatable bonds is 0. The summed E-state index contributed by atoms with van der Waals surface area (Å²) < 4.78 is 6.93. The average molecular weight is 204 g/mol. The molecule has 0 saturated carbocycles. The van der Waals surface area contributed by atoms with E-state index in [1.54, 1.807) is 0 Å². The summed E-state index contributed by atoms with van der Waals surface area (Å²) >= 11 is -2.50. The van der Waals surface area contributed by atoms with E-state index < -0.39 is 25.2 Å². The van der Waals surface area contributed by atoms with E-state index in [-0.39, 0.29) is 37.7 Å². The van der Waals surface area contributed by atoms with Crippen molar-refractivity contribution >= 4 is 52.2 Å². The fourth-order valence-corrected chi connectivity index (χ4v) is 2.81. The summed E-state index contributed by atoms with van der Waals surface area (Å²) in [4.78, 5) is 0. The van der Waals surface area contributed by atoms with Gasteiger partial charge in [-0.1, -0.05) is 11.7 Å². The van der Waals surface area contributed by atoms with Gasteiger partial charge in [0, 0.05) is 0 Å². The normalized spacial score (nSPS) is 29.5. The maximum absolute atomic E-state index is 9.09. The van der Waals surface area contributed by atoms with E-state index in [0.717, 1.165) is 0 Å². The van der Waals surface area contributed by atoms with E-state index in [9.17, 15) is 0 Å². The summed E-state index contributed by atoms with van der Waals surface area (Å²) in [5.41, 5.74) is 0. The van der Waals surface area contributed by atoms with Gasteiger partial charge >= 0.3 is 52.2 Å². The van der Waals surface area contributed by atoms with Crippen LogP contribution < -0.4 is 0 Å². The van der Waals surface area contributed by atoms with E-state index in [4.69, 9.17) is 19.5 Å². The summed E-state index contributed by atoms with van der Waals surface area (Å²) in [6.45, 7) is 0. The third-order valence-electron chi connectivity index (χ3n) is 1.94. The minimum atomic E-state index is -2.50. The van der Waals surface area contributed by atoms with Gasteiger partial charge in [-0.15, -0.1) is 0 Å². The fourth-order valence-electron chi connectivity index (χ4n) is 1.15. The zero-order valence-electron chi connectivity index (χ0n) is 5.56. The van der Waals surface area contributed by atoms with E-state index in [1.807, 2.05) is 0 Å². The van der Waals surface area contributed by atoms with Crippen molar-refractivity contribution in [3.63, 3.8) is 0 Å². The van der Waals surface area contributed by atoms with Gasteiger partial charge in [0.25, 0.3) is 0 Å². The molecule has 0 spiro atoms. The molecule has 0 radical (unpaired) electrons. The first kappa shape index (κ1) is 12.6. The molecular formula is C5H13AlCaO4. The average Bonchev–Trinajstić information content (AvgIpc) is 1.84. The van der Waals surface area contributed by atoms with Crippen LogP contribution in [-0.2, 0) is 0 Å². The Morgan fingerprint density at radius 1 is 1.36 bits per heavy atom. The summed E-state index contributed by atoms with van der Waals surface area (Å²) in [6.07, 6.45) is -0.0861. The molecule has 0 aliphatic carbocycles. The fraction of sp³-hybridized carbons (Fsp3) is 1.00. The van der Waals surface area contributed by atoms with Crippen molar-refractivity contribution in [1.29, 1.82) is 0 Å². The van der Waals surface area contributed by atoms with Crippen LogP contribution in [0.1, 0.15) is 12.8 Å². The van der Waals surface area contributed by atoms with Crippen LogP contribution in [0.25, 0.3) is 0 Å². The molecule has 0 aromatic carbocycles. The van der Waals surface area contributed by atoms with Crippen molar-refractivity contribution in [3.8, 4) is 0 Å². The number of hydrogen-bond donors (Lipinski definition) is 4. The Hall–Kier alpha value is 1.63. The Morgan fingerprint density at radius 3 is 2.27 bits per heavy atom. The molecule has 62 valence electrons. The molecule has 1 aliphatic rings. The summed E-state index contributed by atoms with van der Waals surface area (Å²) in [5.74, 6) is 0. The van der Waals surface area contributed by atoms with Crippen LogP contribution >= 0.6 is 0 Å². The molecule has 0 aromatic heterocycles. The number of aliphatic hydroxyl groups excluding tert-OH is 1. The Labute approximate surface area is 99.6 Å². The SMILES string of the molecule is OC1CC[CH2][Al]([OH])[C]1(O)O.[CaH2]. The van der Waals surface area contributed by atoms with E-state index >= 15 is 0 Å². The summed E-state index contributed by atoms with van der Waals surface area (Å²) in [6, 6.07) is 0. The van der Waals surface area contributed by atoms with Crippen LogP contribution in [0, 0.1) is 0 Å². The van der Waals surface area contributed by atoms with Gasteiger partial charge in [-0.2, -0.15) is 0 Å². The third kappa shape index (κ3) is 2.80. The Kier molecular flexibility index (Phi) is 5.46. The van der Waals surface area contributed by atoms with Crippen LogP contribution in [0.3, 0.4) is 0 Å².